The summed E-state index contributed by atoms with van der Waals surface area (Å²) < 4.78 is 22.5. The third kappa shape index (κ3) is 5.26. The van der Waals surface area contributed by atoms with Crippen LogP contribution < -0.4 is 9.47 Å². The van der Waals surface area contributed by atoms with E-state index in [1.54, 1.807) is 13.4 Å². The Morgan fingerprint density at radius 1 is 0.848 bits per heavy atom. The third-order valence-corrected chi connectivity index (χ3v) is 5.81. The van der Waals surface area contributed by atoms with Crippen molar-refractivity contribution in [3.8, 4) is 23.0 Å². The van der Waals surface area contributed by atoms with Gasteiger partial charge in [-0.05, 0) is 78.9 Å². The van der Waals surface area contributed by atoms with Gasteiger partial charge in [-0.25, -0.2) is 4.98 Å². The van der Waals surface area contributed by atoms with Gasteiger partial charge in [0.15, 0.2) is 18.3 Å². The van der Waals surface area contributed by atoms with Crippen LogP contribution in [0.1, 0.15) is 33.5 Å². The molecule has 2 heterocycles. The lowest BCUT2D eigenvalue weighted by Crippen LogP contribution is -2.05. The average molecular weight is 444 g/mol. The molecule has 0 saturated heterocycles. The van der Waals surface area contributed by atoms with Crippen LogP contribution in [0.2, 0.25) is 0 Å². The zero-order chi connectivity index (χ0) is 23.2. The number of pyridine rings is 1. The molecule has 0 saturated carbocycles. The molecular formula is C28H29NO4. The van der Waals surface area contributed by atoms with Crippen molar-refractivity contribution in [2.75, 3.05) is 13.9 Å². The predicted octanol–water partition coefficient (Wildman–Crippen LogP) is 6.42. The van der Waals surface area contributed by atoms with Gasteiger partial charge in [0.25, 0.3) is 0 Å². The van der Waals surface area contributed by atoms with Gasteiger partial charge in [-0.1, -0.05) is 30.3 Å². The average Bonchev–Trinajstić information content (AvgIpc) is 3.38. The van der Waals surface area contributed by atoms with E-state index in [2.05, 4.69) is 39.0 Å². The smallest absolute Gasteiger partial charge is 0.188 e. The fraction of sp³-hybridized carbons (Fsp3) is 0.250. The summed E-state index contributed by atoms with van der Waals surface area (Å²) in [6, 6.07) is 20.0. The number of furan rings is 1. The highest BCUT2D eigenvalue weighted by Crippen LogP contribution is 2.32. The van der Waals surface area contributed by atoms with E-state index in [0.717, 1.165) is 22.6 Å². The SMILES string of the molecule is COCOc1ccc(Cc2c(C)cc(OCc3ccccc3)c(C)c2C)nc1-c1ccco1. The first-order valence-electron chi connectivity index (χ1n) is 11.0. The molecule has 0 bridgehead atoms. The minimum absolute atomic E-state index is 0.149. The summed E-state index contributed by atoms with van der Waals surface area (Å²) in [6.07, 6.45) is 2.34. The normalized spacial score (nSPS) is 10.9. The number of aryl methyl sites for hydroxylation is 1. The van der Waals surface area contributed by atoms with Crippen LogP contribution in [-0.2, 0) is 17.8 Å². The second-order valence-corrected chi connectivity index (χ2v) is 8.05. The molecule has 0 unspecified atom stereocenters. The summed E-state index contributed by atoms with van der Waals surface area (Å²) >= 11 is 0. The van der Waals surface area contributed by atoms with E-state index in [4.69, 9.17) is 23.6 Å². The summed E-state index contributed by atoms with van der Waals surface area (Å²) in [6.45, 7) is 7.09. The highest BCUT2D eigenvalue weighted by molar-refractivity contribution is 5.61. The van der Waals surface area contributed by atoms with E-state index in [1.165, 1.54) is 16.7 Å². The van der Waals surface area contributed by atoms with Gasteiger partial charge >= 0.3 is 0 Å². The van der Waals surface area contributed by atoms with Crippen LogP contribution in [0.4, 0.5) is 0 Å². The highest BCUT2D eigenvalue weighted by Gasteiger charge is 2.16. The predicted molar refractivity (Wildman–Crippen MR) is 129 cm³/mol. The maximum absolute atomic E-state index is 6.15. The van der Waals surface area contributed by atoms with Gasteiger partial charge < -0.3 is 18.6 Å². The molecule has 4 aromatic rings. The van der Waals surface area contributed by atoms with Gasteiger partial charge in [0, 0.05) is 19.2 Å². The van der Waals surface area contributed by atoms with Crippen LogP contribution in [0, 0.1) is 20.8 Å². The summed E-state index contributed by atoms with van der Waals surface area (Å²) in [5.74, 6) is 2.22. The second kappa shape index (κ2) is 10.4. The number of hydrogen-bond donors (Lipinski definition) is 0. The Kier molecular flexibility index (Phi) is 7.10. The van der Waals surface area contributed by atoms with E-state index in [1.807, 2.05) is 42.5 Å². The van der Waals surface area contributed by atoms with Crippen molar-refractivity contribution in [3.63, 3.8) is 0 Å². The van der Waals surface area contributed by atoms with Gasteiger partial charge in [0.1, 0.15) is 18.1 Å². The van der Waals surface area contributed by atoms with Gasteiger partial charge in [-0.3, -0.25) is 0 Å². The minimum Gasteiger partial charge on any atom is -0.489 e. The van der Waals surface area contributed by atoms with Gasteiger partial charge in [-0.15, -0.1) is 0 Å². The number of aromatic nitrogens is 1. The highest BCUT2D eigenvalue weighted by atomic mass is 16.7. The van der Waals surface area contributed by atoms with E-state index < -0.39 is 0 Å². The number of ether oxygens (including phenoxy) is 3. The summed E-state index contributed by atoms with van der Waals surface area (Å²) in [4.78, 5) is 4.87. The van der Waals surface area contributed by atoms with Crippen molar-refractivity contribution in [3.05, 3.63) is 100 Å². The lowest BCUT2D eigenvalue weighted by molar-refractivity contribution is 0.0512. The first-order chi connectivity index (χ1) is 16.1. The molecular weight excluding hydrogens is 414 g/mol. The van der Waals surface area contributed by atoms with Crippen molar-refractivity contribution in [2.45, 2.75) is 33.8 Å². The van der Waals surface area contributed by atoms with Gasteiger partial charge in [-0.2, -0.15) is 0 Å². The summed E-state index contributed by atoms with van der Waals surface area (Å²) in [5.41, 5.74) is 7.57. The molecule has 0 aliphatic heterocycles. The van der Waals surface area contributed by atoms with Crippen molar-refractivity contribution >= 4 is 0 Å². The lowest BCUT2D eigenvalue weighted by Gasteiger charge is -2.18. The fourth-order valence-corrected chi connectivity index (χ4v) is 3.85. The monoisotopic (exact) mass is 443 g/mol. The number of rotatable bonds is 9. The van der Waals surface area contributed by atoms with Crippen LogP contribution in [0.25, 0.3) is 11.5 Å². The quantitative estimate of drug-likeness (QED) is 0.279. The maximum Gasteiger partial charge on any atom is 0.188 e. The van der Waals surface area contributed by atoms with Crippen LogP contribution in [0.3, 0.4) is 0 Å². The van der Waals surface area contributed by atoms with Crippen LogP contribution >= 0.6 is 0 Å². The zero-order valence-electron chi connectivity index (χ0n) is 19.6. The molecule has 33 heavy (non-hydrogen) atoms. The van der Waals surface area contributed by atoms with E-state index in [9.17, 15) is 0 Å². The Labute approximate surface area is 195 Å². The molecule has 170 valence electrons. The number of methoxy groups -OCH3 is 1. The Balaban J connectivity index is 1.59. The molecule has 0 aliphatic carbocycles. The third-order valence-electron chi connectivity index (χ3n) is 5.81. The van der Waals surface area contributed by atoms with E-state index in [0.29, 0.717) is 30.2 Å². The van der Waals surface area contributed by atoms with Crippen LogP contribution in [0.5, 0.6) is 11.5 Å². The zero-order valence-corrected chi connectivity index (χ0v) is 19.6. The molecule has 0 fully saturated rings. The molecule has 0 spiro atoms. The Hall–Kier alpha value is -3.57. The molecule has 0 radical (unpaired) electrons. The largest absolute Gasteiger partial charge is 0.489 e. The van der Waals surface area contributed by atoms with Gasteiger partial charge in [0.05, 0.1) is 6.26 Å². The molecule has 0 N–H and O–H groups in total. The van der Waals surface area contributed by atoms with E-state index >= 15 is 0 Å². The molecule has 0 amide bonds. The molecule has 5 heteroatoms. The Morgan fingerprint density at radius 2 is 1.67 bits per heavy atom. The Bertz CT molecular complexity index is 1200. The number of hydrogen-bond acceptors (Lipinski definition) is 5. The summed E-state index contributed by atoms with van der Waals surface area (Å²) in [7, 11) is 1.59. The van der Waals surface area contributed by atoms with Crippen molar-refractivity contribution in [1.82, 2.24) is 4.98 Å². The molecule has 2 aromatic heterocycles. The number of benzene rings is 2. The Morgan fingerprint density at radius 3 is 2.39 bits per heavy atom. The number of nitrogens with zero attached hydrogens (tertiary/aromatic N) is 1. The molecule has 0 atom stereocenters. The minimum atomic E-state index is 0.149. The fourth-order valence-electron chi connectivity index (χ4n) is 3.85. The van der Waals surface area contributed by atoms with Crippen LogP contribution in [-0.4, -0.2) is 18.9 Å². The molecule has 0 aliphatic rings. The standard InChI is InChI=1S/C28H29NO4/c1-19-15-27(32-17-22-9-6-5-7-10-22)21(3)20(2)24(19)16-23-12-13-26(33-18-30-4)28(29-23)25-11-8-14-31-25/h5-15H,16-18H2,1-4H3. The van der Waals surface area contributed by atoms with Crippen molar-refractivity contribution in [1.29, 1.82) is 0 Å². The first kappa shape index (κ1) is 22.6. The van der Waals surface area contributed by atoms with E-state index in [-0.39, 0.29) is 6.79 Å². The molecule has 4 rings (SSSR count). The second-order valence-electron chi connectivity index (χ2n) is 8.05. The van der Waals surface area contributed by atoms with Crippen molar-refractivity contribution in [2.24, 2.45) is 0 Å². The van der Waals surface area contributed by atoms with Crippen LogP contribution in [0.15, 0.2) is 71.3 Å². The molecule has 5 nitrogen and oxygen atoms in total. The first-order valence-corrected chi connectivity index (χ1v) is 11.0. The molecule has 2 aromatic carbocycles. The topological polar surface area (TPSA) is 53.7 Å². The lowest BCUT2D eigenvalue weighted by atomic mass is 9.94. The van der Waals surface area contributed by atoms with Gasteiger partial charge in [0.2, 0.25) is 0 Å². The van der Waals surface area contributed by atoms with Crippen molar-refractivity contribution < 1.29 is 18.6 Å². The maximum atomic E-state index is 6.15. The summed E-state index contributed by atoms with van der Waals surface area (Å²) in [5, 5.41) is 0.